The minimum Gasteiger partial charge on any atom is -0.150 e. The van der Waals surface area contributed by atoms with E-state index in [4.69, 9.17) is 0 Å². The van der Waals surface area contributed by atoms with Crippen molar-refractivity contribution < 1.29 is 0 Å². The lowest BCUT2D eigenvalue weighted by Crippen LogP contribution is -2.31. The zero-order valence-electron chi connectivity index (χ0n) is 8.71. The van der Waals surface area contributed by atoms with Crippen molar-refractivity contribution >= 4 is 0 Å². The lowest BCUT2D eigenvalue weighted by atomic mass is 9.67. The van der Waals surface area contributed by atoms with E-state index in [2.05, 4.69) is 10.4 Å². The molecule has 4 nitrogen and oxygen atoms in total. The summed E-state index contributed by atoms with van der Waals surface area (Å²) >= 11 is 0. The Morgan fingerprint density at radius 3 is 1.40 bits per heavy atom. The summed E-state index contributed by atoms with van der Waals surface area (Å²) in [5, 5.41) is 6.43. The predicted octanol–water partition coefficient (Wildman–Crippen LogP) is 2.71. The average molecular weight is 208 g/mol. The molecule has 4 heteroatoms. The van der Waals surface area contributed by atoms with Crippen LogP contribution < -0.4 is 0 Å². The van der Waals surface area contributed by atoms with Crippen LogP contribution in [0.5, 0.6) is 0 Å². The number of fused-ring (bicyclic) bond motifs is 1. The summed E-state index contributed by atoms with van der Waals surface area (Å²) in [6.07, 6.45) is 5.74. The minimum atomic E-state index is -0.317. The van der Waals surface area contributed by atoms with Crippen molar-refractivity contribution in [2.75, 3.05) is 0 Å². The summed E-state index contributed by atoms with van der Waals surface area (Å²) in [5.74, 6) is 2.18. The van der Waals surface area contributed by atoms with E-state index >= 15 is 0 Å². The van der Waals surface area contributed by atoms with Gasteiger partial charge in [-0.3, -0.25) is 0 Å². The maximum Gasteiger partial charge on any atom is 0.121 e. The van der Waals surface area contributed by atoms with E-state index in [1.165, 1.54) is 6.42 Å². The van der Waals surface area contributed by atoms with Gasteiger partial charge in [0.1, 0.15) is 12.1 Å². The molecule has 4 bridgehead atoms. The third-order valence-electron chi connectivity index (χ3n) is 4.77. The van der Waals surface area contributed by atoms with Crippen molar-refractivity contribution in [3.05, 3.63) is 9.81 Å². The average Bonchev–Trinajstić information content (AvgIpc) is 2.39. The van der Waals surface area contributed by atoms with Crippen molar-refractivity contribution in [1.82, 2.24) is 0 Å². The number of hydrogen-bond acceptors (Lipinski definition) is 4. The molecule has 0 aromatic heterocycles. The highest BCUT2D eigenvalue weighted by molar-refractivity contribution is 5.03. The molecule has 0 aromatic rings. The molecular formula is C11H16N2O2. The summed E-state index contributed by atoms with van der Waals surface area (Å²) in [6, 6.07) is -0.634. The van der Waals surface area contributed by atoms with Crippen LogP contribution >= 0.6 is 0 Å². The summed E-state index contributed by atoms with van der Waals surface area (Å²) < 4.78 is 0. The van der Waals surface area contributed by atoms with Crippen molar-refractivity contribution in [2.45, 2.75) is 44.2 Å². The molecule has 15 heavy (non-hydrogen) atoms. The molecular weight excluding hydrogens is 192 g/mol. The molecule has 0 radical (unpaired) electrons. The molecule has 82 valence electrons. The van der Waals surface area contributed by atoms with Gasteiger partial charge in [0.2, 0.25) is 0 Å². The van der Waals surface area contributed by atoms with Crippen molar-refractivity contribution in [1.29, 1.82) is 0 Å². The van der Waals surface area contributed by atoms with Gasteiger partial charge in [-0.25, -0.2) is 0 Å². The Bertz CT molecular complexity index is 254. The molecule has 0 N–H and O–H groups in total. The first-order valence-corrected chi connectivity index (χ1v) is 5.96. The molecule has 4 aliphatic carbocycles. The summed E-state index contributed by atoms with van der Waals surface area (Å²) in [5.41, 5.74) is 0. The van der Waals surface area contributed by atoms with Crippen LogP contribution in [0.3, 0.4) is 0 Å². The first-order valence-electron chi connectivity index (χ1n) is 5.96. The highest BCUT2D eigenvalue weighted by Gasteiger charge is 2.50. The SMILES string of the molecule is O=NC1C2CC3CC(C2)CC(C3)C1N=O. The Kier molecular flexibility index (Phi) is 2.11. The van der Waals surface area contributed by atoms with Gasteiger partial charge >= 0.3 is 0 Å². The largest absolute Gasteiger partial charge is 0.150 e. The lowest BCUT2D eigenvalue weighted by Gasteiger charge is -2.38. The molecule has 0 amide bonds. The van der Waals surface area contributed by atoms with E-state index in [0.29, 0.717) is 11.8 Å². The summed E-state index contributed by atoms with van der Waals surface area (Å²) in [7, 11) is 0. The smallest absolute Gasteiger partial charge is 0.121 e. The van der Waals surface area contributed by atoms with E-state index in [9.17, 15) is 9.81 Å². The first-order chi connectivity index (χ1) is 7.31. The number of hydrogen-bond donors (Lipinski definition) is 0. The third-order valence-corrected chi connectivity index (χ3v) is 4.77. The van der Waals surface area contributed by atoms with Gasteiger partial charge in [0.05, 0.1) is 0 Å². The number of rotatable bonds is 2. The maximum atomic E-state index is 10.9. The van der Waals surface area contributed by atoms with Crippen LogP contribution in [0.1, 0.15) is 32.1 Å². The lowest BCUT2D eigenvalue weighted by molar-refractivity contribution is 0.130. The van der Waals surface area contributed by atoms with Crippen LogP contribution in [0.25, 0.3) is 0 Å². The Balaban J connectivity index is 1.97. The van der Waals surface area contributed by atoms with Gasteiger partial charge in [-0.2, -0.15) is 9.81 Å². The van der Waals surface area contributed by atoms with Crippen molar-refractivity contribution in [2.24, 2.45) is 34.0 Å². The van der Waals surface area contributed by atoms with Crippen molar-refractivity contribution in [3.8, 4) is 0 Å². The summed E-state index contributed by atoms with van der Waals surface area (Å²) in [6.45, 7) is 0. The van der Waals surface area contributed by atoms with Crippen molar-refractivity contribution in [3.63, 3.8) is 0 Å². The van der Waals surface area contributed by atoms with Gasteiger partial charge in [-0.1, -0.05) is 10.4 Å². The van der Waals surface area contributed by atoms with Gasteiger partial charge in [-0.05, 0) is 55.8 Å². The van der Waals surface area contributed by atoms with Crippen LogP contribution in [-0.4, -0.2) is 12.1 Å². The minimum absolute atomic E-state index is 0.317. The molecule has 2 atom stereocenters. The molecule has 0 aliphatic heterocycles. The Labute approximate surface area is 88.8 Å². The molecule has 2 unspecified atom stereocenters. The number of nitrogens with zero attached hydrogens (tertiary/aromatic N) is 2. The predicted molar refractivity (Wildman–Crippen MR) is 56.2 cm³/mol. The molecule has 0 saturated heterocycles. The van der Waals surface area contributed by atoms with Crippen LogP contribution in [-0.2, 0) is 0 Å². The summed E-state index contributed by atoms with van der Waals surface area (Å²) in [4.78, 5) is 21.8. The van der Waals surface area contributed by atoms with Gasteiger partial charge in [0.25, 0.3) is 0 Å². The zero-order chi connectivity index (χ0) is 10.4. The van der Waals surface area contributed by atoms with Crippen LogP contribution in [0, 0.1) is 33.5 Å². The highest BCUT2D eigenvalue weighted by Crippen LogP contribution is 2.52. The first kappa shape index (κ1) is 9.43. The van der Waals surface area contributed by atoms with Crippen LogP contribution in [0.2, 0.25) is 0 Å². The van der Waals surface area contributed by atoms with E-state index < -0.39 is 0 Å². The van der Waals surface area contributed by atoms with E-state index in [0.717, 1.165) is 37.5 Å². The second kappa shape index (κ2) is 3.35. The fourth-order valence-corrected chi connectivity index (χ4v) is 4.37. The second-order valence-corrected chi connectivity index (χ2v) is 5.62. The van der Waals surface area contributed by atoms with E-state index in [-0.39, 0.29) is 12.1 Å². The monoisotopic (exact) mass is 208 g/mol. The van der Waals surface area contributed by atoms with Crippen LogP contribution in [0.4, 0.5) is 0 Å². The molecule has 0 heterocycles. The highest BCUT2D eigenvalue weighted by atomic mass is 16.3. The van der Waals surface area contributed by atoms with Gasteiger partial charge in [0.15, 0.2) is 0 Å². The molecule has 4 rings (SSSR count). The van der Waals surface area contributed by atoms with E-state index in [1.54, 1.807) is 0 Å². The topological polar surface area (TPSA) is 58.9 Å². The maximum absolute atomic E-state index is 10.9. The Morgan fingerprint density at radius 2 is 1.07 bits per heavy atom. The van der Waals surface area contributed by atoms with Gasteiger partial charge in [-0.15, -0.1) is 0 Å². The number of nitroso groups, excluding NO2 is 2. The molecule has 4 aliphatic rings. The third kappa shape index (κ3) is 1.34. The molecule has 0 spiro atoms. The zero-order valence-corrected chi connectivity index (χ0v) is 8.71. The Hall–Kier alpha value is -0.800. The fraction of sp³-hybridized carbons (Fsp3) is 1.00. The Morgan fingerprint density at radius 1 is 0.667 bits per heavy atom. The van der Waals surface area contributed by atoms with Crippen LogP contribution in [0.15, 0.2) is 10.4 Å². The van der Waals surface area contributed by atoms with Gasteiger partial charge in [0, 0.05) is 0 Å². The second-order valence-electron chi connectivity index (χ2n) is 5.62. The molecule has 4 saturated carbocycles. The molecule has 0 aromatic carbocycles. The van der Waals surface area contributed by atoms with Gasteiger partial charge < -0.3 is 0 Å². The normalized spacial score (nSPS) is 52.5. The van der Waals surface area contributed by atoms with E-state index in [1.807, 2.05) is 0 Å². The quantitative estimate of drug-likeness (QED) is 0.655. The fourth-order valence-electron chi connectivity index (χ4n) is 4.37. The standard InChI is InChI=1S/C11H16N2O2/c14-12-10-8-2-6-1-7(4-8)5-9(3-6)11(10)13-15/h6-11H,1-5H2. The molecule has 4 fully saturated rings.